The van der Waals surface area contributed by atoms with Crippen molar-refractivity contribution in [1.82, 2.24) is 0 Å². The van der Waals surface area contributed by atoms with Crippen molar-refractivity contribution in [2.45, 2.75) is 137 Å². The standard InChI is InChI=1S/C30H54O2/c1-7-15-30(32)19-22-18-23(31)13-16-28(22,5)26-14-17-29(6)24(11-12-25(29)27(26)30)21(4)10-8-9-20(2)3/h20-27,31-32H,7-19H2,1-6H3/t21-,22?,23?,24-,25+,26+,27+,28+,29-,30?/m1/s1. The van der Waals surface area contributed by atoms with Crippen LogP contribution in [0.3, 0.4) is 0 Å². The van der Waals surface area contributed by atoms with Gasteiger partial charge < -0.3 is 10.2 Å². The van der Waals surface area contributed by atoms with Crippen molar-refractivity contribution in [2.24, 2.45) is 52.3 Å². The van der Waals surface area contributed by atoms with E-state index >= 15 is 0 Å². The third-order valence-electron chi connectivity index (χ3n) is 11.7. The monoisotopic (exact) mass is 446 g/mol. The van der Waals surface area contributed by atoms with E-state index in [0.717, 1.165) is 49.9 Å². The molecule has 0 spiro atoms. The lowest BCUT2D eigenvalue weighted by molar-refractivity contribution is -0.221. The second kappa shape index (κ2) is 9.18. The van der Waals surface area contributed by atoms with Gasteiger partial charge in [-0.1, -0.05) is 67.2 Å². The maximum Gasteiger partial charge on any atom is 0.0684 e. The van der Waals surface area contributed by atoms with Crippen molar-refractivity contribution in [2.75, 3.05) is 0 Å². The highest BCUT2D eigenvalue weighted by molar-refractivity contribution is 5.15. The van der Waals surface area contributed by atoms with Crippen LogP contribution in [0.2, 0.25) is 0 Å². The summed E-state index contributed by atoms with van der Waals surface area (Å²) in [6.45, 7) is 14.7. The molecule has 0 aromatic rings. The van der Waals surface area contributed by atoms with Crippen LogP contribution < -0.4 is 0 Å². The number of aliphatic hydroxyl groups excluding tert-OH is 1. The molecule has 4 fully saturated rings. The SMILES string of the molecule is CCCC1(O)CC2CC(O)CC[C@]2(C)[C@H]2CC[C@]3(C)[C@@H]([C@H](C)CCCC(C)C)CC[C@H]3[C@@H]21. The highest BCUT2D eigenvalue weighted by Gasteiger charge is 2.66. The third kappa shape index (κ3) is 4.12. The van der Waals surface area contributed by atoms with Crippen molar-refractivity contribution >= 4 is 0 Å². The van der Waals surface area contributed by atoms with Crippen LogP contribution in [-0.2, 0) is 0 Å². The summed E-state index contributed by atoms with van der Waals surface area (Å²) in [6.07, 6.45) is 15.4. The molecule has 0 amide bonds. The van der Waals surface area contributed by atoms with Crippen LogP contribution in [0.1, 0.15) is 125 Å². The molecule has 2 nitrogen and oxygen atoms in total. The van der Waals surface area contributed by atoms with Gasteiger partial charge in [0.1, 0.15) is 0 Å². The van der Waals surface area contributed by atoms with Crippen LogP contribution in [-0.4, -0.2) is 21.9 Å². The molecule has 0 saturated heterocycles. The van der Waals surface area contributed by atoms with Gasteiger partial charge in [0.15, 0.2) is 0 Å². The van der Waals surface area contributed by atoms with Crippen molar-refractivity contribution in [3.63, 3.8) is 0 Å². The van der Waals surface area contributed by atoms with E-state index in [1.165, 1.54) is 51.4 Å². The number of rotatable bonds is 7. The third-order valence-corrected chi connectivity index (χ3v) is 11.7. The van der Waals surface area contributed by atoms with Gasteiger partial charge in [-0.3, -0.25) is 0 Å². The molecule has 0 radical (unpaired) electrons. The van der Waals surface area contributed by atoms with Crippen LogP contribution in [0.4, 0.5) is 0 Å². The zero-order valence-corrected chi connectivity index (χ0v) is 22.2. The Kier molecular flexibility index (Phi) is 7.18. The van der Waals surface area contributed by atoms with Crippen LogP contribution >= 0.6 is 0 Å². The summed E-state index contributed by atoms with van der Waals surface area (Å²) in [7, 11) is 0. The highest BCUT2D eigenvalue weighted by Crippen LogP contribution is 2.70. The zero-order chi connectivity index (χ0) is 23.3. The molecule has 32 heavy (non-hydrogen) atoms. The topological polar surface area (TPSA) is 40.5 Å². The molecule has 4 rings (SSSR count). The summed E-state index contributed by atoms with van der Waals surface area (Å²) in [4.78, 5) is 0. The minimum absolute atomic E-state index is 0.146. The van der Waals surface area contributed by atoms with Crippen LogP contribution in [0, 0.1) is 52.3 Å². The second-order valence-electron chi connectivity index (χ2n) is 14.0. The lowest BCUT2D eigenvalue weighted by Crippen LogP contribution is -2.63. The first-order valence-electron chi connectivity index (χ1n) is 14.5. The van der Waals surface area contributed by atoms with E-state index in [9.17, 15) is 10.2 Å². The van der Waals surface area contributed by atoms with E-state index in [1.807, 2.05) is 0 Å². The molecule has 0 aromatic carbocycles. The predicted molar refractivity (Wildman–Crippen MR) is 134 cm³/mol. The average molecular weight is 447 g/mol. The number of aliphatic hydroxyl groups is 2. The van der Waals surface area contributed by atoms with E-state index < -0.39 is 5.60 Å². The van der Waals surface area contributed by atoms with E-state index in [2.05, 4.69) is 41.5 Å². The van der Waals surface area contributed by atoms with Gasteiger partial charge >= 0.3 is 0 Å². The summed E-state index contributed by atoms with van der Waals surface area (Å²) in [5.74, 6) is 4.80. The quantitative estimate of drug-likeness (QED) is 0.422. The zero-order valence-electron chi connectivity index (χ0n) is 22.2. The minimum atomic E-state index is -0.511. The predicted octanol–water partition coefficient (Wildman–Crippen LogP) is 7.61. The summed E-state index contributed by atoms with van der Waals surface area (Å²) >= 11 is 0. The molecule has 0 aromatic heterocycles. The van der Waals surface area contributed by atoms with Crippen molar-refractivity contribution in [1.29, 1.82) is 0 Å². The van der Waals surface area contributed by atoms with Crippen LogP contribution in [0.25, 0.3) is 0 Å². The average Bonchev–Trinajstić information content (AvgIpc) is 3.06. The fraction of sp³-hybridized carbons (Fsp3) is 1.00. The van der Waals surface area contributed by atoms with Gasteiger partial charge in [-0.15, -0.1) is 0 Å². The Balaban J connectivity index is 1.60. The van der Waals surface area contributed by atoms with Crippen LogP contribution in [0.15, 0.2) is 0 Å². The molecule has 0 heterocycles. The molecule has 0 bridgehead atoms. The van der Waals surface area contributed by atoms with Gasteiger partial charge in [-0.25, -0.2) is 0 Å². The summed E-state index contributed by atoms with van der Waals surface area (Å²) < 4.78 is 0. The Morgan fingerprint density at radius 3 is 2.28 bits per heavy atom. The van der Waals surface area contributed by atoms with Gasteiger partial charge in [-0.05, 0) is 110 Å². The summed E-state index contributed by atoms with van der Waals surface area (Å²) in [6, 6.07) is 0. The normalized spacial score (nSPS) is 49.4. The van der Waals surface area contributed by atoms with Crippen molar-refractivity contribution in [3.05, 3.63) is 0 Å². The molecule has 4 aliphatic carbocycles. The van der Waals surface area contributed by atoms with Crippen LogP contribution in [0.5, 0.6) is 0 Å². The van der Waals surface area contributed by atoms with Gasteiger partial charge in [0.25, 0.3) is 0 Å². The van der Waals surface area contributed by atoms with Gasteiger partial charge in [0.05, 0.1) is 11.7 Å². The van der Waals surface area contributed by atoms with E-state index in [-0.39, 0.29) is 6.10 Å². The maximum atomic E-state index is 12.3. The Labute approximate surface area is 199 Å². The molecule has 10 atom stereocenters. The Hall–Kier alpha value is -0.0800. The first-order valence-corrected chi connectivity index (χ1v) is 14.5. The number of hydrogen-bond acceptors (Lipinski definition) is 2. The second-order valence-corrected chi connectivity index (χ2v) is 14.0. The van der Waals surface area contributed by atoms with Crippen molar-refractivity contribution < 1.29 is 10.2 Å². The molecular formula is C30H54O2. The lowest BCUT2D eigenvalue weighted by Gasteiger charge is -2.66. The highest BCUT2D eigenvalue weighted by atomic mass is 16.3. The Morgan fingerprint density at radius 1 is 0.906 bits per heavy atom. The fourth-order valence-electron chi connectivity index (χ4n) is 10.1. The Morgan fingerprint density at radius 2 is 1.59 bits per heavy atom. The number of fused-ring (bicyclic) bond motifs is 5. The molecule has 3 unspecified atom stereocenters. The maximum absolute atomic E-state index is 12.3. The van der Waals surface area contributed by atoms with E-state index in [4.69, 9.17) is 0 Å². The van der Waals surface area contributed by atoms with Gasteiger partial charge in [-0.2, -0.15) is 0 Å². The molecule has 2 N–H and O–H groups in total. The summed E-state index contributed by atoms with van der Waals surface area (Å²) in [5, 5.41) is 22.8. The largest absolute Gasteiger partial charge is 0.393 e. The van der Waals surface area contributed by atoms with E-state index in [1.54, 1.807) is 0 Å². The molecule has 4 aliphatic rings. The minimum Gasteiger partial charge on any atom is -0.393 e. The molecule has 2 heteroatoms. The fourth-order valence-corrected chi connectivity index (χ4v) is 10.1. The first kappa shape index (κ1) is 25.0. The number of hydrogen-bond donors (Lipinski definition) is 2. The van der Waals surface area contributed by atoms with Gasteiger partial charge in [0.2, 0.25) is 0 Å². The first-order chi connectivity index (χ1) is 15.0. The Bertz CT molecular complexity index is 645. The molecular weight excluding hydrogens is 392 g/mol. The lowest BCUT2D eigenvalue weighted by atomic mass is 9.40. The molecule has 0 aliphatic heterocycles. The van der Waals surface area contributed by atoms with E-state index in [0.29, 0.717) is 34.5 Å². The van der Waals surface area contributed by atoms with Crippen molar-refractivity contribution in [3.8, 4) is 0 Å². The molecule has 4 saturated carbocycles. The molecule has 186 valence electrons. The van der Waals surface area contributed by atoms with Gasteiger partial charge in [0, 0.05) is 0 Å². The smallest absolute Gasteiger partial charge is 0.0684 e. The summed E-state index contributed by atoms with van der Waals surface area (Å²) in [5.41, 5.74) is 0.229.